The number of rotatable bonds is 18. The predicted molar refractivity (Wildman–Crippen MR) is 228 cm³/mol. The molecule has 55 heavy (non-hydrogen) atoms. The Morgan fingerprint density at radius 2 is 1.36 bits per heavy atom. The maximum atomic E-state index is 13.1. The van der Waals surface area contributed by atoms with Crippen LogP contribution in [0, 0.1) is 5.92 Å². The van der Waals surface area contributed by atoms with Gasteiger partial charge in [-0.25, -0.2) is 0 Å². The van der Waals surface area contributed by atoms with E-state index >= 15 is 0 Å². The zero-order chi connectivity index (χ0) is 40.9. The first-order valence-electron chi connectivity index (χ1n) is 19.2. The van der Waals surface area contributed by atoms with E-state index in [0.29, 0.717) is 38.0 Å². The second-order valence-corrected chi connectivity index (χ2v) is 13.2. The highest BCUT2D eigenvalue weighted by Gasteiger charge is 2.24. The highest BCUT2D eigenvalue weighted by molar-refractivity contribution is 6.11. The second kappa shape index (κ2) is 24.3. The Morgan fingerprint density at radius 1 is 0.836 bits per heavy atom. The van der Waals surface area contributed by atoms with Crippen molar-refractivity contribution in [1.82, 2.24) is 10.6 Å². The van der Waals surface area contributed by atoms with E-state index in [1.807, 2.05) is 65.1 Å². The lowest BCUT2D eigenvalue weighted by atomic mass is 9.87. The average Bonchev–Trinajstić information content (AvgIpc) is 3.20. The Kier molecular flexibility index (Phi) is 20.3. The third-order valence-corrected chi connectivity index (χ3v) is 9.23. The summed E-state index contributed by atoms with van der Waals surface area (Å²) in [6.07, 6.45) is 8.01. The molecule has 0 spiro atoms. The highest BCUT2D eigenvalue weighted by Crippen LogP contribution is 2.48. The lowest BCUT2D eigenvalue weighted by Crippen LogP contribution is -2.39. The van der Waals surface area contributed by atoms with Crippen LogP contribution >= 0.6 is 0 Å². The molecule has 0 aromatic heterocycles. The number of Topliss-reactive ketones (excluding diaryl/α,β-unsaturated/α-hetero) is 1. The third kappa shape index (κ3) is 13.3. The number of carbonyl (C=O) groups excluding carboxylic acids is 3. The molecular weight excluding hydrogens is 691 g/mol. The van der Waals surface area contributed by atoms with Crippen molar-refractivity contribution >= 4 is 39.2 Å². The fourth-order valence-electron chi connectivity index (χ4n) is 6.27. The largest absolute Gasteiger partial charge is 0.496 e. The number of allylic oxidation sites excluding steroid dienone is 3. The molecule has 0 aliphatic rings. The quantitative estimate of drug-likeness (QED) is 0.0522. The summed E-state index contributed by atoms with van der Waals surface area (Å²) in [6, 6.07) is 20.1. The van der Waals surface area contributed by atoms with Crippen LogP contribution in [0.5, 0.6) is 11.5 Å². The first-order valence-corrected chi connectivity index (χ1v) is 19.2. The normalized spacial score (nSPS) is 11.7. The van der Waals surface area contributed by atoms with Crippen molar-refractivity contribution in [2.75, 3.05) is 34.9 Å². The van der Waals surface area contributed by atoms with Gasteiger partial charge in [0.2, 0.25) is 5.91 Å². The van der Waals surface area contributed by atoms with E-state index in [-0.39, 0.29) is 30.0 Å². The molecule has 0 fully saturated rings. The maximum absolute atomic E-state index is 13.1. The summed E-state index contributed by atoms with van der Waals surface area (Å²) < 4.78 is 17.3. The Balaban J connectivity index is 0.00000138. The fourth-order valence-corrected chi connectivity index (χ4v) is 6.27. The molecule has 0 unspecified atom stereocenters. The Bertz CT molecular complexity index is 1900. The van der Waals surface area contributed by atoms with Crippen LogP contribution in [0.3, 0.4) is 0 Å². The molecule has 0 heterocycles. The summed E-state index contributed by atoms with van der Waals surface area (Å²) in [5.41, 5.74) is 10.3. The third-order valence-electron chi connectivity index (χ3n) is 9.23. The van der Waals surface area contributed by atoms with Crippen LogP contribution in [0.15, 0.2) is 85.1 Å². The molecule has 4 rings (SSSR count). The molecule has 1 amide bonds. The lowest BCUT2D eigenvalue weighted by molar-refractivity contribution is -0.144. The molecule has 298 valence electrons. The van der Waals surface area contributed by atoms with E-state index in [4.69, 9.17) is 19.9 Å². The summed E-state index contributed by atoms with van der Waals surface area (Å²) in [5, 5.41) is 9.86. The second-order valence-electron chi connectivity index (χ2n) is 13.2. The molecule has 4 aromatic carbocycles. The number of amides is 1. The number of ether oxygens (including phenoxy) is 3. The van der Waals surface area contributed by atoms with E-state index in [2.05, 4.69) is 59.7 Å². The number of carbonyl (C=O) groups is 3. The topological polar surface area (TPSA) is 129 Å². The van der Waals surface area contributed by atoms with Gasteiger partial charge in [0.1, 0.15) is 11.5 Å². The van der Waals surface area contributed by atoms with Crippen LogP contribution in [0.2, 0.25) is 0 Å². The zero-order valence-electron chi connectivity index (χ0n) is 34.5. The number of benzene rings is 4. The van der Waals surface area contributed by atoms with Crippen LogP contribution in [0.1, 0.15) is 77.8 Å². The van der Waals surface area contributed by atoms with Crippen molar-refractivity contribution in [1.29, 1.82) is 0 Å². The van der Waals surface area contributed by atoms with Crippen molar-refractivity contribution in [3.05, 3.63) is 96.2 Å². The first kappa shape index (κ1) is 46.0. The summed E-state index contributed by atoms with van der Waals surface area (Å²) >= 11 is 0. The summed E-state index contributed by atoms with van der Waals surface area (Å²) in [4.78, 5) is 37.3. The van der Waals surface area contributed by atoms with Gasteiger partial charge in [-0.1, -0.05) is 88.0 Å². The fraction of sp³-hybridized carbons (Fsp3) is 0.413. The number of esters is 1. The number of nitrogens with two attached hydrogens (primary N) is 1. The van der Waals surface area contributed by atoms with Gasteiger partial charge in [0.15, 0.2) is 5.78 Å². The van der Waals surface area contributed by atoms with E-state index in [1.165, 1.54) is 14.0 Å². The molecule has 0 saturated heterocycles. The van der Waals surface area contributed by atoms with Gasteiger partial charge in [0.25, 0.3) is 0 Å². The number of hydrogen-bond acceptors (Lipinski definition) is 8. The number of fused-ring (bicyclic) bond motifs is 2. The number of hydrogen-bond donors (Lipinski definition) is 3. The number of ketones is 1. The van der Waals surface area contributed by atoms with Gasteiger partial charge in [-0.3, -0.25) is 14.4 Å². The predicted octanol–water partition coefficient (Wildman–Crippen LogP) is 8.88. The molecule has 0 bridgehead atoms. The SMILES string of the molecule is C=C(C)NC.CC.COC(=O)[C@@H](C)C/C=C\Cc1cc2ccccc2c(-c2c(OC)c(CCC(=O)N[C@H](CCCCN)C(C)=O)cc3ccccc23)c1OC. The van der Waals surface area contributed by atoms with Crippen LogP contribution in [-0.2, 0) is 32.0 Å². The van der Waals surface area contributed by atoms with Crippen LogP contribution in [0.4, 0.5) is 0 Å². The molecule has 0 aliphatic heterocycles. The summed E-state index contributed by atoms with van der Waals surface area (Å²) in [6.45, 7) is 13.4. The Labute approximate surface area is 328 Å². The van der Waals surface area contributed by atoms with Crippen LogP contribution in [-0.4, -0.2) is 58.6 Å². The van der Waals surface area contributed by atoms with Crippen molar-refractivity contribution in [3.8, 4) is 22.6 Å². The minimum absolute atomic E-state index is 0.0578. The first-order chi connectivity index (χ1) is 26.5. The molecule has 0 radical (unpaired) electrons. The molecule has 0 aliphatic carbocycles. The number of unbranched alkanes of at least 4 members (excludes halogenated alkanes) is 1. The van der Waals surface area contributed by atoms with Gasteiger partial charge in [-0.15, -0.1) is 0 Å². The molecule has 0 saturated carbocycles. The zero-order valence-corrected chi connectivity index (χ0v) is 34.5. The van der Waals surface area contributed by atoms with Crippen molar-refractivity contribution in [3.63, 3.8) is 0 Å². The monoisotopic (exact) mass is 753 g/mol. The van der Waals surface area contributed by atoms with Gasteiger partial charge in [0.05, 0.1) is 33.3 Å². The van der Waals surface area contributed by atoms with Gasteiger partial charge >= 0.3 is 5.97 Å². The Morgan fingerprint density at radius 3 is 1.85 bits per heavy atom. The van der Waals surface area contributed by atoms with Crippen molar-refractivity contribution in [2.45, 2.75) is 85.6 Å². The van der Waals surface area contributed by atoms with Crippen molar-refractivity contribution in [2.24, 2.45) is 11.7 Å². The number of aryl methyl sites for hydroxylation is 1. The highest BCUT2D eigenvalue weighted by atomic mass is 16.5. The lowest BCUT2D eigenvalue weighted by Gasteiger charge is -2.22. The Hall–Kier alpha value is -5.15. The molecule has 9 heteroatoms. The van der Waals surface area contributed by atoms with E-state index in [9.17, 15) is 14.4 Å². The number of methoxy groups -OCH3 is 3. The molecule has 4 N–H and O–H groups in total. The van der Waals surface area contributed by atoms with Crippen LogP contribution in [0.25, 0.3) is 32.7 Å². The van der Waals surface area contributed by atoms with Gasteiger partial charge < -0.3 is 30.6 Å². The molecular formula is C46H63N3O6. The summed E-state index contributed by atoms with van der Waals surface area (Å²) in [7, 11) is 6.59. The average molecular weight is 754 g/mol. The minimum Gasteiger partial charge on any atom is -0.496 e. The van der Waals surface area contributed by atoms with Crippen LogP contribution < -0.4 is 25.8 Å². The van der Waals surface area contributed by atoms with Gasteiger partial charge in [-0.05, 0) is 109 Å². The minimum atomic E-state index is -0.519. The van der Waals surface area contributed by atoms with E-state index in [1.54, 1.807) is 14.2 Å². The summed E-state index contributed by atoms with van der Waals surface area (Å²) in [5.74, 6) is 0.707. The molecule has 4 aromatic rings. The van der Waals surface area contributed by atoms with Crippen molar-refractivity contribution < 1.29 is 28.6 Å². The van der Waals surface area contributed by atoms with Gasteiger partial charge in [-0.2, -0.15) is 0 Å². The van der Waals surface area contributed by atoms with Gasteiger partial charge in [0, 0.05) is 24.6 Å². The smallest absolute Gasteiger partial charge is 0.308 e. The molecule has 9 nitrogen and oxygen atoms in total. The standard InChI is InChI=1S/C40H48N2O6.C4H9N.C2H6/c1-26(40(45)48-5)14-6-7-17-30-24-28-15-8-10-18-32(28)36(38(30)46-3)37-33-19-11-9-16-29(33)25-31(39(37)47-4)21-22-35(44)42-34(27(2)43)20-12-13-23-41;1-4(2)5-3;1-2/h6-11,15-16,18-19,24-26,34H,12-14,17,20-23,41H2,1-5H3,(H,42,44);5H,1H2,2-3H3;1-2H3/b7-6-;;/t26-,34+;;/m0../s1. The van der Waals surface area contributed by atoms with E-state index in [0.717, 1.165) is 68.1 Å². The van der Waals surface area contributed by atoms with E-state index < -0.39 is 6.04 Å². The maximum Gasteiger partial charge on any atom is 0.308 e. The molecule has 2 atom stereocenters. The number of nitrogens with one attached hydrogen (secondary N) is 2.